The molecule has 32 heavy (non-hydrogen) atoms. The highest BCUT2D eigenvalue weighted by molar-refractivity contribution is 7.90. The Kier molecular flexibility index (Phi) is 5.96. The number of aromatic nitrogens is 3. The SMILES string of the molecule is CCC[C@H](NC(=O)N1CCc2c1cnn2-c1ccc(F)cc1)c1ccnc(S(C)(=O)=O)c1. The van der Waals surface area contributed by atoms with Crippen molar-refractivity contribution in [3.05, 3.63) is 65.9 Å². The van der Waals surface area contributed by atoms with E-state index < -0.39 is 9.84 Å². The Morgan fingerprint density at radius 3 is 2.69 bits per heavy atom. The number of nitrogens with one attached hydrogen (secondary N) is 1. The van der Waals surface area contributed by atoms with Gasteiger partial charge in [0.2, 0.25) is 0 Å². The summed E-state index contributed by atoms with van der Waals surface area (Å²) in [6.45, 7) is 2.49. The fourth-order valence-electron chi connectivity index (χ4n) is 3.86. The molecule has 1 aliphatic heterocycles. The second-order valence-corrected chi connectivity index (χ2v) is 9.72. The maximum absolute atomic E-state index is 13.3. The van der Waals surface area contributed by atoms with Crippen molar-refractivity contribution in [2.24, 2.45) is 0 Å². The molecule has 0 saturated carbocycles. The summed E-state index contributed by atoms with van der Waals surface area (Å²) in [5.74, 6) is -0.323. The van der Waals surface area contributed by atoms with Crippen molar-refractivity contribution >= 4 is 21.6 Å². The molecule has 0 radical (unpaired) electrons. The maximum Gasteiger partial charge on any atom is 0.322 e. The molecular formula is C22H24FN5O3S. The molecule has 10 heteroatoms. The van der Waals surface area contributed by atoms with Crippen LogP contribution in [0.25, 0.3) is 5.69 Å². The molecule has 4 rings (SSSR count). The number of halogens is 1. The van der Waals surface area contributed by atoms with E-state index in [4.69, 9.17) is 0 Å². The van der Waals surface area contributed by atoms with Crippen molar-refractivity contribution in [3.63, 3.8) is 0 Å². The van der Waals surface area contributed by atoms with Crippen LogP contribution in [0.3, 0.4) is 0 Å². The molecule has 0 saturated heterocycles. The lowest BCUT2D eigenvalue weighted by Gasteiger charge is -2.23. The van der Waals surface area contributed by atoms with Gasteiger partial charge in [0.25, 0.3) is 0 Å². The molecule has 2 aromatic heterocycles. The average molecular weight is 458 g/mol. The number of urea groups is 1. The van der Waals surface area contributed by atoms with Crippen molar-refractivity contribution in [3.8, 4) is 5.69 Å². The van der Waals surface area contributed by atoms with Crippen LogP contribution in [0.4, 0.5) is 14.9 Å². The topological polar surface area (TPSA) is 97.2 Å². The Hall–Kier alpha value is -3.27. The molecule has 2 amide bonds. The van der Waals surface area contributed by atoms with Crippen molar-refractivity contribution in [2.45, 2.75) is 37.3 Å². The van der Waals surface area contributed by atoms with Crippen LogP contribution in [-0.4, -0.2) is 42.0 Å². The van der Waals surface area contributed by atoms with E-state index in [2.05, 4.69) is 15.4 Å². The second kappa shape index (κ2) is 8.70. The number of anilines is 1. The molecule has 168 valence electrons. The summed E-state index contributed by atoms with van der Waals surface area (Å²) >= 11 is 0. The first-order valence-electron chi connectivity index (χ1n) is 10.3. The minimum Gasteiger partial charge on any atom is -0.331 e. The van der Waals surface area contributed by atoms with E-state index in [1.807, 2.05) is 6.92 Å². The first-order chi connectivity index (χ1) is 15.3. The van der Waals surface area contributed by atoms with Crippen molar-refractivity contribution < 1.29 is 17.6 Å². The smallest absolute Gasteiger partial charge is 0.322 e. The van der Waals surface area contributed by atoms with Gasteiger partial charge in [0.15, 0.2) is 14.9 Å². The van der Waals surface area contributed by atoms with Gasteiger partial charge in [0.05, 0.1) is 29.3 Å². The molecular weight excluding hydrogens is 433 g/mol. The number of benzene rings is 1. The fourth-order valence-corrected chi connectivity index (χ4v) is 4.46. The van der Waals surface area contributed by atoms with E-state index in [0.717, 1.165) is 24.1 Å². The Morgan fingerprint density at radius 1 is 1.25 bits per heavy atom. The number of hydrogen-bond donors (Lipinski definition) is 1. The number of fused-ring (bicyclic) bond motifs is 1. The lowest BCUT2D eigenvalue weighted by atomic mass is 10.0. The zero-order valence-electron chi connectivity index (χ0n) is 17.8. The molecule has 3 heterocycles. The van der Waals surface area contributed by atoms with Gasteiger partial charge < -0.3 is 5.32 Å². The molecule has 0 spiro atoms. The van der Waals surface area contributed by atoms with Gasteiger partial charge in [-0.25, -0.2) is 27.3 Å². The van der Waals surface area contributed by atoms with Gasteiger partial charge in [-0.2, -0.15) is 5.10 Å². The Labute approximate surface area is 186 Å². The molecule has 3 aromatic rings. The highest BCUT2D eigenvalue weighted by atomic mass is 32.2. The summed E-state index contributed by atoms with van der Waals surface area (Å²) in [5.41, 5.74) is 3.00. The molecule has 1 aliphatic rings. The Balaban J connectivity index is 1.56. The van der Waals surface area contributed by atoms with E-state index in [1.165, 1.54) is 24.4 Å². The second-order valence-electron chi connectivity index (χ2n) is 7.76. The van der Waals surface area contributed by atoms with Crippen LogP contribution < -0.4 is 10.2 Å². The van der Waals surface area contributed by atoms with Crippen molar-refractivity contribution in [1.29, 1.82) is 0 Å². The van der Waals surface area contributed by atoms with Crippen molar-refractivity contribution in [2.75, 3.05) is 17.7 Å². The van der Waals surface area contributed by atoms with E-state index >= 15 is 0 Å². The summed E-state index contributed by atoms with van der Waals surface area (Å²) in [5, 5.41) is 7.39. The predicted molar refractivity (Wildman–Crippen MR) is 118 cm³/mol. The van der Waals surface area contributed by atoms with Gasteiger partial charge in [0, 0.05) is 25.4 Å². The predicted octanol–water partition coefficient (Wildman–Crippen LogP) is 3.42. The summed E-state index contributed by atoms with van der Waals surface area (Å²) in [4.78, 5) is 18.7. The third-order valence-electron chi connectivity index (χ3n) is 5.44. The maximum atomic E-state index is 13.3. The zero-order chi connectivity index (χ0) is 22.9. The minimum atomic E-state index is -3.45. The van der Waals surface area contributed by atoms with Gasteiger partial charge in [0.1, 0.15) is 5.82 Å². The minimum absolute atomic E-state index is 0.0191. The molecule has 0 unspecified atom stereocenters. The third-order valence-corrected chi connectivity index (χ3v) is 6.43. The molecule has 0 aliphatic carbocycles. The number of carbonyl (C=O) groups excluding carboxylic acids is 1. The molecule has 0 bridgehead atoms. The molecule has 8 nitrogen and oxygen atoms in total. The van der Waals surface area contributed by atoms with Gasteiger partial charge in [-0.1, -0.05) is 13.3 Å². The Bertz CT molecular complexity index is 1240. The number of pyridine rings is 1. The van der Waals surface area contributed by atoms with Gasteiger partial charge in [-0.05, 0) is 48.4 Å². The molecule has 1 atom stereocenters. The van der Waals surface area contributed by atoms with Gasteiger partial charge in [-0.15, -0.1) is 0 Å². The standard InChI is InChI=1S/C22H24FN5O3S/c1-3-4-18(15-9-11-24-21(13-15)32(2,30)31)26-22(29)27-12-10-19-20(27)14-25-28(19)17-7-5-16(23)6-8-17/h5-9,11,13-14,18H,3-4,10,12H2,1-2H3,(H,26,29)/t18-/m0/s1. The highest BCUT2D eigenvalue weighted by Crippen LogP contribution is 2.30. The lowest BCUT2D eigenvalue weighted by molar-refractivity contribution is 0.242. The quantitative estimate of drug-likeness (QED) is 0.612. The van der Waals surface area contributed by atoms with E-state index in [1.54, 1.807) is 34.0 Å². The van der Waals surface area contributed by atoms with Crippen LogP contribution in [0.15, 0.2) is 53.8 Å². The van der Waals surface area contributed by atoms with Crippen LogP contribution in [-0.2, 0) is 16.3 Å². The number of carbonyl (C=O) groups is 1. The summed E-state index contributed by atoms with van der Waals surface area (Å²) in [6, 6.07) is 8.63. The van der Waals surface area contributed by atoms with E-state index in [0.29, 0.717) is 30.6 Å². The molecule has 1 aromatic carbocycles. The number of sulfone groups is 1. The third kappa shape index (κ3) is 4.36. The first-order valence-corrected chi connectivity index (χ1v) is 12.2. The van der Waals surface area contributed by atoms with Crippen LogP contribution in [0.5, 0.6) is 0 Å². The number of hydrogen-bond acceptors (Lipinski definition) is 5. The van der Waals surface area contributed by atoms with Crippen LogP contribution in [0.1, 0.15) is 37.1 Å². The largest absolute Gasteiger partial charge is 0.331 e. The monoisotopic (exact) mass is 457 g/mol. The van der Waals surface area contributed by atoms with E-state index in [-0.39, 0.29) is 22.9 Å². The van der Waals surface area contributed by atoms with Gasteiger partial charge in [-0.3, -0.25) is 4.90 Å². The van der Waals surface area contributed by atoms with Crippen LogP contribution in [0.2, 0.25) is 0 Å². The highest BCUT2D eigenvalue weighted by Gasteiger charge is 2.30. The normalized spacial score (nSPS) is 14.3. The van der Waals surface area contributed by atoms with Crippen LogP contribution in [0, 0.1) is 5.82 Å². The zero-order valence-corrected chi connectivity index (χ0v) is 18.6. The van der Waals surface area contributed by atoms with Gasteiger partial charge >= 0.3 is 6.03 Å². The average Bonchev–Trinajstić information content (AvgIpc) is 3.36. The van der Waals surface area contributed by atoms with Crippen molar-refractivity contribution in [1.82, 2.24) is 20.1 Å². The number of nitrogens with zero attached hydrogens (tertiary/aromatic N) is 4. The summed E-state index contributed by atoms with van der Waals surface area (Å²) in [6.07, 6.45) is 6.25. The lowest BCUT2D eigenvalue weighted by Crippen LogP contribution is -2.41. The molecule has 1 N–H and O–H groups in total. The molecule has 0 fully saturated rings. The summed E-state index contributed by atoms with van der Waals surface area (Å²) in [7, 11) is -3.45. The fraction of sp³-hybridized carbons (Fsp3) is 0.318. The Morgan fingerprint density at radius 2 is 2.00 bits per heavy atom. The number of amides is 2. The van der Waals surface area contributed by atoms with Crippen LogP contribution >= 0.6 is 0 Å². The van der Waals surface area contributed by atoms with E-state index in [9.17, 15) is 17.6 Å². The first kappa shape index (κ1) is 21.9. The summed E-state index contributed by atoms with van der Waals surface area (Å²) < 4.78 is 38.7. The number of rotatable bonds is 6.